The molecule has 0 aliphatic carbocycles. The van der Waals surface area contributed by atoms with Crippen molar-refractivity contribution >= 4 is 56.2 Å². The van der Waals surface area contributed by atoms with Crippen molar-refractivity contribution in [1.29, 1.82) is 0 Å². The number of fused-ring (bicyclic) bond motifs is 1. The van der Waals surface area contributed by atoms with E-state index in [-0.39, 0.29) is 21.6 Å². The van der Waals surface area contributed by atoms with Crippen LogP contribution in [0.1, 0.15) is 35.5 Å². The summed E-state index contributed by atoms with van der Waals surface area (Å²) in [6.45, 7) is 3.53. The van der Waals surface area contributed by atoms with Crippen molar-refractivity contribution in [2.45, 2.75) is 20.3 Å². The van der Waals surface area contributed by atoms with Gasteiger partial charge in [0.25, 0.3) is 5.91 Å². The zero-order chi connectivity index (χ0) is 20.3. The highest BCUT2D eigenvalue weighted by molar-refractivity contribution is 7.21. The van der Waals surface area contributed by atoms with E-state index in [1.54, 1.807) is 44.2 Å². The molecule has 3 aromatic rings. The molecule has 0 bridgehead atoms. The SMILES string of the molecule is CCC(=O)Nc1ccc(/C(C)=N/NC(=O)c2sc3cc(F)ccc3c2Cl)cc1. The number of nitrogens with zero attached hydrogens (tertiary/aromatic N) is 1. The number of carbonyl (C=O) groups excluding carboxylic acids is 2. The maximum absolute atomic E-state index is 13.4. The Kier molecular flexibility index (Phi) is 6.06. The van der Waals surface area contributed by atoms with Crippen LogP contribution in [0.3, 0.4) is 0 Å². The molecule has 144 valence electrons. The Hall–Kier alpha value is -2.77. The minimum absolute atomic E-state index is 0.0644. The molecule has 0 unspecified atom stereocenters. The second-order valence-corrected chi connectivity index (χ2v) is 7.43. The lowest BCUT2D eigenvalue weighted by molar-refractivity contribution is -0.115. The average Bonchev–Trinajstić information content (AvgIpc) is 3.02. The standard InChI is InChI=1S/C20H17ClFN3O2S/c1-3-17(26)23-14-7-4-12(5-8-14)11(2)24-25-20(27)19-18(21)15-9-6-13(22)10-16(15)28-19/h4-10H,3H2,1-2H3,(H,23,26)(H,25,27)/b24-11+. The summed E-state index contributed by atoms with van der Waals surface area (Å²) in [4.78, 5) is 24.1. The molecule has 3 rings (SSSR count). The first-order chi connectivity index (χ1) is 13.4. The van der Waals surface area contributed by atoms with Crippen LogP contribution in [0.25, 0.3) is 10.1 Å². The number of nitrogens with one attached hydrogen (secondary N) is 2. The zero-order valence-corrected chi connectivity index (χ0v) is 16.7. The molecular weight excluding hydrogens is 401 g/mol. The van der Waals surface area contributed by atoms with Gasteiger partial charge in [-0.05, 0) is 42.8 Å². The maximum atomic E-state index is 13.4. The molecule has 0 fully saturated rings. The van der Waals surface area contributed by atoms with Crippen molar-refractivity contribution in [3.63, 3.8) is 0 Å². The predicted octanol–water partition coefficient (Wildman–Crippen LogP) is 5.20. The van der Waals surface area contributed by atoms with Crippen LogP contribution in [0.15, 0.2) is 47.6 Å². The number of hydrazone groups is 1. The highest BCUT2D eigenvalue weighted by Gasteiger charge is 2.17. The van der Waals surface area contributed by atoms with Crippen molar-refractivity contribution in [3.8, 4) is 0 Å². The van der Waals surface area contributed by atoms with Gasteiger partial charge in [0.05, 0.1) is 10.7 Å². The molecule has 2 aromatic carbocycles. The summed E-state index contributed by atoms with van der Waals surface area (Å²) in [5.74, 6) is -0.909. The van der Waals surface area contributed by atoms with Crippen LogP contribution in [0.4, 0.5) is 10.1 Å². The molecule has 5 nitrogen and oxygen atoms in total. The molecule has 0 radical (unpaired) electrons. The molecule has 0 spiro atoms. The molecule has 0 saturated carbocycles. The number of amides is 2. The number of halogens is 2. The van der Waals surface area contributed by atoms with E-state index in [9.17, 15) is 14.0 Å². The van der Waals surface area contributed by atoms with Crippen LogP contribution in [-0.4, -0.2) is 17.5 Å². The Labute approximate surface area is 170 Å². The van der Waals surface area contributed by atoms with Gasteiger partial charge in [0.15, 0.2) is 0 Å². The highest BCUT2D eigenvalue weighted by atomic mass is 35.5. The van der Waals surface area contributed by atoms with Crippen LogP contribution in [-0.2, 0) is 4.79 Å². The molecule has 0 aliphatic rings. The van der Waals surface area contributed by atoms with Gasteiger partial charge < -0.3 is 5.32 Å². The lowest BCUT2D eigenvalue weighted by atomic mass is 10.1. The van der Waals surface area contributed by atoms with Gasteiger partial charge in [-0.2, -0.15) is 5.10 Å². The first kappa shape index (κ1) is 20.0. The highest BCUT2D eigenvalue weighted by Crippen LogP contribution is 2.35. The van der Waals surface area contributed by atoms with Crippen LogP contribution in [0, 0.1) is 5.82 Å². The lowest BCUT2D eigenvalue weighted by Crippen LogP contribution is -2.18. The number of anilines is 1. The molecule has 2 amide bonds. The molecule has 8 heteroatoms. The van der Waals surface area contributed by atoms with Gasteiger partial charge in [-0.15, -0.1) is 11.3 Å². The number of carbonyl (C=O) groups is 2. The van der Waals surface area contributed by atoms with Gasteiger partial charge in [-0.25, -0.2) is 9.82 Å². The summed E-state index contributed by atoms with van der Waals surface area (Å²) in [7, 11) is 0. The molecule has 28 heavy (non-hydrogen) atoms. The topological polar surface area (TPSA) is 70.6 Å². The third-order valence-corrected chi connectivity index (χ3v) is 5.69. The van der Waals surface area contributed by atoms with Gasteiger partial charge in [-0.3, -0.25) is 9.59 Å². The second-order valence-electron chi connectivity index (χ2n) is 6.00. The average molecular weight is 418 g/mol. The predicted molar refractivity (Wildman–Crippen MR) is 112 cm³/mol. The lowest BCUT2D eigenvalue weighted by Gasteiger charge is -2.06. The summed E-state index contributed by atoms with van der Waals surface area (Å²) < 4.78 is 14.0. The van der Waals surface area contributed by atoms with E-state index in [1.807, 2.05) is 0 Å². The second kappa shape index (κ2) is 8.50. The van der Waals surface area contributed by atoms with E-state index >= 15 is 0 Å². The fraction of sp³-hybridized carbons (Fsp3) is 0.150. The largest absolute Gasteiger partial charge is 0.326 e. The van der Waals surface area contributed by atoms with Crippen molar-refractivity contribution in [3.05, 3.63) is 63.7 Å². The fourth-order valence-electron chi connectivity index (χ4n) is 2.48. The summed E-state index contributed by atoms with van der Waals surface area (Å²) in [5.41, 5.74) is 4.55. The van der Waals surface area contributed by atoms with Crippen LogP contribution in [0.2, 0.25) is 5.02 Å². The van der Waals surface area contributed by atoms with Gasteiger partial charge in [0, 0.05) is 22.2 Å². The fourth-order valence-corrected chi connectivity index (χ4v) is 3.91. The summed E-state index contributed by atoms with van der Waals surface area (Å²) in [6.07, 6.45) is 0.404. The Morgan fingerprint density at radius 3 is 2.57 bits per heavy atom. The summed E-state index contributed by atoms with van der Waals surface area (Å²) in [5, 5.41) is 7.78. The molecule has 0 atom stereocenters. The molecule has 0 saturated heterocycles. The Morgan fingerprint density at radius 1 is 1.18 bits per heavy atom. The molecule has 2 N–H and O–H groups in total. The third kappa shape index (κ3) is 4.37. The van der Waals surface area contributed by atoms with Crippen molar-refractivity contribution in [2.75, 3.05) is 5.32 Å². The van der Waals surface area contributed by atoms with E-state index in [4.69, 9.17) is 11.6 Å². The Morgan fingerprint density at radius 2 is 1.89 bits per heavy atom. The van der Waals surface area contributed by atoms with Crippen molar-refractivity contribution in [2.24, 2.45) is 5.10 Å². The van der Waals surface area contributed by atoms with Gasteiger partial charge in [0.1, 0.15) is 10.7 Å². The minimum atomic E-state index is -0.460. The number of rotatable bonds is 5. The third-order valence-electron chi connectivity index (χ3n) is 4.03. The molecule has 0 aliphatic heterocycles. The van der Waals surface area contributed by atoms with Crippen LogP contribution in [0.5, 0.6) is 0 Å². The molecule has 1 heterocycles. The normalized spacial score (nSPS) is 11.5. The van der Waals surface area contributed by atoms with Gasteiger partial charge in [-0.1, -0.05) is 30.7 Å². The first-order valence-electron chi connectivity index (χ1n) is 8.51. The van der Waals surface area contributed by atoms with E-state index in [2.05, 4.69) is 15.8 Å². The van der Waals surface area contributed by atoms with E-state index in [1.165, 1.54) is 12.1 Å². The maximum Gasteiger partial charge on any atom is 0.283 e. The molecular formula is C20H17ClFN3O2S. The zero-order valence-electron chi connectivity index (χ0n) is 15.2. The smallest absolute Gasteiger partial charge is 0.283 e. The van der Waals surface area contributed by atoms with Crippen molar-refractivity contribution < 1.29 is 14.0 Å². The van der Waals surface area contributed by atoms with Gasteiger partial charge in [0.2, 0.25) is 5.91 Å². The number of thiophene rings is 1. The monoisotopic (exact) mass is 417 g/mol. The van der Waals surface area contributed by atoms with Gasteiger partial charge >= 0.3 is 0 Å². The van der Waals surface area contributed by atoms with E-state index in [0.29, 0.717) is 27.9 Å². The Bertz CT molecular complexity index is 1080. The number of hydrogen-bond acceptors (Lipinski definition) is 4. The quantitative estimate of drug-likeness (QED) is 0.442. The molecule has 1 aromatic heterocycles. The summed E-state index contributed by atoms with van der Waals surface area (Å²) >= 11 is 7.36. The Balaban J connectivity index is 1.73. The van der Waals surface area contributed by atoms with Crippen LogP contribution < -0.4 is 10.7 Å². The summed E-state index contributed by atoms with van der Waals surface area (Å²) in [6, 6.07) is 11.3. The first-order valence-corrected chi connectivity index (χ1v) is 9.71. The van der Waals surface area contributed by atoms with Crippen molar-refractivity contribution in [1.82, 2.24) is 5.43 Å². The number of benzene rings is 2. The number of hydrogen-bond donors (Lipinski definition) is 2. The van der Waals surface area contributed by atoms with E-state index in [0.717, 1.165) is 16.9 Å². The van der Waals surface area contributed by atoms with Crippen LogP contribution >= 0.6 is 22.9 Å². The van der Waals surface area contributed by atoms with E-state index < -0.39 is 5.91 Å². The minimum Gasteiger partial charge on any atom is -0.326 e.